The molecular weight excluding hydrogens is 368 g/mol. The molecule has 7 nitrogen and oxygen atoms in total. The molecule has 1 aromatic carbocycles. The van der Waals surface area contributed by atoms with Crippen LogP contribution < -0.4 is 5.73 Å². The summed E-state index contributed by atoms with van der Waals surface area (Å²) in [6.07, 6.45) is 2.72. The number of amides is 2. The second kappa shape index (κ2) is 8.43. The van der Waals surface area contributed by atoms with Crippen molar-refractivity contribution >= 4 is 17.8 Å². The van der Waals surface area contributed by atoms with Crippen molar-refractivity contribution in [2.24, 2.45) is 22.6 Å². The predicted molar refractivity (Wildman–Crippen MR) is 112 cm³/mol. The number of likely N-dealkylation sites (tertiary alicyclic amines) is 1. The molecule has 1 unspecified atom stereocenters. The monoisotopic (exact) mass is 400 g/mol. The molecule has 2 aliphatic heterocycles. The van der Waals surface area contributed by atoms with E-state index in [4.69, 9.17) is 5.73 Å². The first kappa shape index (κ1) is 21.1. The molecular formula is C22H32N4O3. The van der Waals surface area contributed by atoms with E-state index in [1.54, 1.807) is 29.2 Å². The topological polar surface area (TPSA) is 99.2 Å². The molecule has 1 aromatic rings. The summed E-state index contributed by atoms with van der Waals surface area (Å²) < 4.78 is 0. The van der Waals surface area contributed by atoms with Gasteiger partial charge >= 0.3 is 0 Å². The largest absolute Gasteiger partial charge is 0.508 e. The molecule has 0 bridgehead atoms. The highest BCUT2D eigenvalue weighted by Gasteiger charge is 2.44. The van der Waals surface area contributed by atoms with Gasteiger partial charge in [-0.2, -0.15) is 0 Å². The van der Waals surface area contributed by atoms with Gasteiger partial charge in [0.05, 0.1) is 6.42 Å². The molecule has 158 valence electrons. The number of carbonyl (C=O) groups is 2. The first-order valence-corrected chi connectivity index (χ1v) is 10.4. The molecule has 3 rings (SSSR count). The van der Waals surface area contributed by atoms with Crippen molar-refractivity contribution in [1.29, 1.82) is 0 Å². The summed E-state index contributed by atoms with van der Waals surface area (Å²) in [4.78, 5) is 33.4. The Kier molecular flexibility index (Phi) is 6.15. The molecule has 0 aromatic heterocycles. The van der Waals surface area contributed by atoms with Crippen molar-refractivity contribution < 1.29 is 14.7 Å². The van der Waals surface area contributed by atoms with Crippen LogP contribution in [0.2, 0.25) is 0 Å². The van der Waals surface area contributed by atoms with E-state index in [1.807, 2.05) is 11.8 Å². The number of nitrogens with two attached hydrogens (primary N) is 1. The van der Waals surface area contributed by atoms with Gasteiger partial charge in [0.15, 0.2) is 5.96 Å². The number of aromatic hydroxyl groups is 1. The van der Waals surface area contributed by atoms with E-state index >= 15 is 0 Å². The normalized spacial score (nSPS) is 23.0. The number of guanidine groups is 1. The van der Waals surface area contributed by atoms with Crippen LogP contribution in [0, 0.1) is 11.8 Å². The minimum atomic E-state index is -0.751. The zero-order chi connectivity index (χ0) is 21.2. The fourth-order valence-electron chi connectivity index (χ4n) is 4.38. The van der Waals surface area contributed by atoms with Crippen LogP contribution in [-0.4, -0.2) is 57.9 Å². The number of hydrogen-bond acceptors (Lipinski definition) is 5. The van der Waals surface area contributed by atoms with E-state index < -0.39 is 5.54 Å². The standard InChI is InChI=1S/C22H32N4O3/c1-15(2)13-22(3)20(29)26(21(23)24-22)14-17-8-10-25(11-9-17)19(28)12-16-4-6-18(27)7-5-16/h4-7,15,17,27H,8-14H2,1-3H3,(H2,23,24). The summed E-state index contributed by atoms with van der Waals surface area (Å²) in [5, 5.41) is 9.36. The molecule has 0 radical (unpaired) electrons. The van der Waals surface area contributed by atoms with Gasteiger partial charge in [-0.25, -0.2) is 4.99 Å². The summed E-state index contributed by atoms with van der Waals surface area (Å²) >= 11 is 0. The van der Waals surface area contributed by atoms with Crippen LogP contribution in [0.25, 0.3) is 0 Å². The summed E-state index contributed by atoms with van der Waals surface area (Å²) in [7, 11) is 0. The number of phenols is 1. The fraction of sp³-hybridized carbons (Fsp3) is 0.591. The Morgan fingerprint density at radius 2 is 1.90 bits per heavy atom. The Hall–Kier alpha value is -2.57. The SMILES string of the molecule is CC(C)CC1(C)N=C(N)N(CC2CCN(C(=O)Cc3ccc(O)cc3)CC2)C1=O. The Bertz CT molecular complexity index is 782. The van der Waals surface area contributed by atoms with Gasteiger partial charge in [0.1, 0.15) is 11.3 Å². The molecule has 2 aliphatic rings. The van der Waals surface area contributed by atoms with Gasteiger partial charge in [-0.3, -0.25) is 14.5 Å². The lowest BCUT2D eigenvalue weighted by molar-refractivity contribution is -0.134. The number of carbonyl (C=O) groups excluding carboxylic acids is 2. The molecule has 3 N–H and O–H groups in total. The molecule has 0 aliphatic carbocycles. The number of hydrogen-bond donors (Lipinski definition) is 2. The molecule has 2 amide bonds. The number of nitrogens with zero attached hydrogens (tertiary/aromatic N) is 3. The highest BCUT2D eigenvalue weighted by atomic mass is 16.3. The smallest absolute Gasteiger partial charge is 0.257 e. The van der Waals surface area contributed by atoms with E-state index in [-0.39, 0.29) is 17.6 Å². The van der Waals surface area contributed by atoms with Crippen molar-refractivity contribution in [2.75, 3.05) is 19.6 Å². The van der Waals surface area contributed by atoms with Crippen LogP contribution in [0.3, 0.4) is 0 Å². The van der Waals surface area contributed by atoms with Gasteiger partial charge in [0, 0.05) is 19.6 Å². The third-order valence-corrected chi connectivity index (χ3v) is 5.85. The van der Waals surface area contributed by atoms with E-state index in [0.717, 1.165) is 18.4 Å². The zero-order valence-corrected chi connectivity index (χ0v) is 17.6. The summed E-state index contributed by atoms with van der Waals surface area (Å²) in [6.45, 7) is 7.97. The number of piperidine rings is 1. The van der Waals surface area contributed by atoms with Crippen LogP contribution in [0.5, 0.6) is 5.75 Å². The second-order valence-electron chi connectivity index (χ2n) is 8.92. The van der Waals surface area contributed by atoms with E-state index in [2.05, 4.69) is 18.8 Å². The Balaban J connectivity index is 1.51. The first-order chi connectivity index (χ1) is 13.7. The van der Waals surface area contributed by atoms with Crippen molar-refractivity contribution in [2.45, 2.75) is 52.0 Å². The lowest BCUT2D eigenvalue weighted by Crippen LogP contribution is -2.48. The molecule has 1 atom stereocenters. The van der Waals surface area contributed by atoms with Crippen molar-refractivity contribution in [3.8, 4) is 5.75 Å². The van der Waals surface area contributed by atoms with Gasteiger partial charge in [-0.05, 0) is 55.7 Å². The Labute approximate surface area is 172 Å². The first-order valence-electron chi connectivity index (χ1n) is 10.4. The lowest BCUT2D eigenvalue weighted by atomic mass is 9.90. The Morgan fingerprint density at radius 1 is 1.28 bits per heavy atom. The molecule has 1 saturated heterocycles. The molecule has 0 saturated carbocycles. The quantitative estimate of drug-likeness (QED) is 0.764. The number of benzene rings is 1. The Morgan fingerprint density at radius 3 is 2.48 bits per heavy atom. The van der Waals surface area contributed by atoms with Gasteiger partial charge in [0.25, 0.3) is 5.91 Å². The highest BCUT2D eigenvalue weighted by Crippen LogP contribution is 2.30. The van der Waals surface area contributed by atoms with Crippen molar-refractivity contribution in [1.82, 2.24) is 9.80 Å². The molecule has 1 fully saturated rings. The third kappa shape index (κ3) is 4.89. The van der Waals surface area contributed by atoms with Crippen LogP contribution in [0.15, 0.2) is 29.3 Å². The van der Waals surface area contributed by atoms with Gasteiger partial charge in [-0.1, -0.05) is 26.0 Å². The average Bonchev–Trinajstić information content (AvgIpc) is 2.86. The van der Waals surface area contributed by atoms with Crippen LogP contribution in [0.1, 0.15) is 45.6 Å². The molecule has 7 heteroatoms. The summed E-state index contributed by atoms with van der Waals surface area (Å²) in [5.41, 5.74) is 6.23. The molecule has 0 spiro atoms. The van der Waals surface area contributed by atoms with E-state index in [1.165, 1.54) is 0 Å². The fourth-order valence-corrected chi connectivity index (χ4v) is 4.38. The minimum Gasteiger partial charge on any atom is -0.508 e. The maximum Gasteiger partial charge on any atom is 0.257 e. The lowest BCUT2D eigenvalue weighted by Gasteiger charge is -2.34. The third-order valence-electron chi connectivity index (χ3n) is 5.85. The van der Waals surface area contributed by atoms with Gasteiger partial charge in [-0.15, -0.1) is 0 Å². The van der Waals surface area contributed by atoms with Crippen molar-refractivity contribution in [3.63, 3.8) is 0 Å². The van der Waals surface area contributed by atoms with Crippen LogP contribution in [0.4, 0.5) is 0 Å². The summed E-state index contributed by atoms with van der Waals surface area (Å²) in [6, 6.07) is 6.74. The maximum absolute atomic E-state index is 12.9. The number of phenolic OH excluding ortho intramolecular Hbond substituents is 1. The number of rotatable bonds is 6. The van der Waals surface area contributed by atoms with Gasteiger partial charge < -0.3 is 15.7 Å². The maximum atomic E-state index is 12.9. The molecule has 29 heavy (non-hydrogen) atoms. The van der Waals surface area contributed by atoms with E-state index in [9.17, 15) is 14.7 Å². The van der Waals surface area contributed by atoms with Crippen LogP contribution >= 0.6 is 0 Å². The molecule has 2 heterocycles. The second-order valence-corrected chi connectivity index (χ2v) is 8.92. The highest BCUT2D eigenvalue weighted by molar-refractivity contribution is 6.06. The number of aliphatic imine (C=N–C) groups is 1. The summed E-state index contributed by atoms with van der Waals surface area (Å²) in [5.74, 6) is 1.29. The minimum absolute atomic E-state index is 0.00506. The van der Waals surface area contributed by atoms with Crippen LogP contribution in [-0.2, 0) is 16.0 Å². The van der Waals surface area contributed by atoms with E-state index in [0.29, 0.717) is 50.3 Å². The predicted octanol–water partition coefficient (Wildman–Crippen LogP) is 2.13. The van der Waals surface area contributed by atoms with Gasteiger partial charge in [0.2, 0.25) is 5.91 Å². The average molecular weight is 401 g/mol. The zero-order valence-electron chi connectivity index (χ0n) is 17.6. The van der Waals surface area contributed by atoms with Crippen molar-refractivity contribution in [3.05, 3.63) is 29.8 Å².